The van der Waals surface area contributed by atoms with Crippen LogP contribution in [-0.4, -0.2) is 41.4 Å². The van der Waals surface area contributed by atoms with E-state index in [0.29, 0.717) is 23.3 Å². The van der Waals surface area contributed by atoms with Crippen LogP contribution in [0.25, 0.3) is 22.7 Å². The summed E-state index contributed by atoms with van der Waals surface area (Å²) in [7, 11) is 0. The summed E-state index contributed by atoms with van der Waals surface area (Å²) in [6.07, 6.45) is 0.349. The van der Waals surface area contributed by atoms with Gasteiger partial charge in [0.05, 0.1) is 11.2 Å². The molecule has 0 saturated carbocycles. The quantitative estimate of drug-likeness (QED) is 0.365. The number of fused-ring (bicyclic) bond motifs is 1. The molecule has 8 nitrogen and oxygen atoms in total. The number of nitrogens with one attached hydrogen (secondary N) is 1. The number of nitrogens with zero attached hydrogens (tertiary/aromatic N) is 6. The molecule has 3 aromatic carbocycles. The molecule has 0 radical (unpaired) electrons. The van der Waals surface area contributed by atoms with Crippen LogP contribution < -0.4 is 5.32 Å². The Hall–Kier alpha value is -3.98. The van der Waals surface area contributed by atoms with Gasteiger partial charge in [0.25, 0.3) is 5.95 Å². The standard InChI is InChI=1S/C24H21N7OS/c1-17-9-5-6-12-19(17)25-22(32)15-16-33-24-28-27-23(30(24)18-10-3-2-4-11-18)31-21-14-8-7-13-20(21)26-29-31/h2-14H,15-16H2,1H3,(H,25,32). The molecule has 2 aromatic heterocycles. The monoisotopic (exact) mass is 455 g/mol. The van der Waals surface area contributed by atoms with E-state index in [-0.39, 0.29) is 5.91 Å². The number of para-hydroxylation sites is 3. The summed E-state index contributed by atoms with van der Waals surface area (Å²) in [6, 6.07) is 25.3. The first-order valence-electron chi connectivity index (χ1n) is 10.5. The summed E-state index contributed by atoms with van der Waals surface area (Å²) >= 11 is 1.48. The second-order valence-corrected chi connectivity index (χ2v) is 8.47. The Morgan fingerprint density at radius 1 is 0.909 bits per heavy atom. The van der Waals surface area contributed by atoms with Crippen molar-refractivity contribution in [3.63, 3.8) is 0 Å². The van der Waals surface area contributed by atoms with Gasteiger partial charge in [0.1, 0.15) is 5.52 Å². The first-order valence-corrected chi connectivity index (χ1v) is 11.5. The second-order valence-electron chi connectivity index (χ2n) is 7.41. The van der Waals surface area contributed by atoms with Gasteiger partial charge in [0.15, 0.2) is 5.16 Å². The van der Waals surface area contributed by atoms with E-state index in [9.17, 15) is 4.79 Å². The summed E-state index contributed by atoms with van der Waals surface area (Å²) < 4.78 is 3.62. The third kappa shape index (κ3) is 4.35. The highest BCUT2D eigenvalue weighted by atomic mass is 32.2. The fraction of sp³-hybridized carbons (Fsp3) is 0.125. The molecule has 9 heteroatoms. The van der Waals surface area contributed by atoms with E-state index in [1.807, 2.05) is 90.4 Å². The summed E-state index contributed by atoms with van der Waals surface area (Å²) in [5, 5.41) is 21.0. The van der Waals surface area contributed by atoms with Gasteiger partial charge in [-0.2, -0.15) is 4.68 Å². The average molecular weight is 456 g/mol. The van der Waals surface area contributed by atoms with Crippen molar-refractivity contribution in [2.24, 2.45) is 0 Å². The van der Waals surface area contributed by atoms with Crippen LogP contribution in [0, 0.1) is 6.92 Å². The van der Waals surface area contributed by atoms with E-state index in [2.05, 4.69) is 25.8 Å². The number of hydrogen-bond acceptors (Lipinski definition) is 6. The molecule has 1 amide bonds. The van der Waals surface area contributed by atoms with Gasteiger partial charge in [-0.25, -0.2) is 0 Å². The van der Waals surface area contributed by atoms with Crippen LogP contribution in [0.5, 0.6) is 0 Å². The number of carbonyl (C=O) groups is 1. The Morgan fingerprint density at radius 2 is 1.67 bits per heavy atom. The number of anilines is 1. The summed E-state index contributed by atoms with van der Waals surface area (Å²) in [5.74, 6) is 1.06. The Morgan fingerprint density at radius 3 is 2.52 bits per heavy atom. The van der Waals surface area contributed by atoms with Gasteiger partial charge >= 0.3 is 0 Å². The van der Waals surface area contributed by atoms with E-state index >= 15 is 0 Å². The summed E-state index contributed by atoms with van der Waals surface area (Å²) in [5.41, 5.74) is 4.40. The highest BCUT2D eigenvalue weighted by Gasteiger charge is 2.19. The highest BCUT2D eigenvalue weighted by Crippen LogP contribution is 2.26. The second kappa shape index (κ2) is 9.25. The molecule has 0 bridgehead atoms. The number of aromatic nitrogens is 6. The minimum atomic E-state index is -0.0370. The number of rotatable bonds is 7. The Labute approximate surface area is 194 Å². The zero-order valence-electron chi connectivity index (χ0n) is 17.9. The van der Waals surface area contributed by atoms with E-state index in [0.717, 1.165) is 28.0 Å². The fourth-order valence-electron chi connectivity index (χ4n) is 3.47. The van der Waals surface area contributed by atoms with E-state index in [1.54, 1.807) is 4.68 Å². The van der Waals surface area contributed by atoms with Crippen molar-refractivity contribution in [1.82, 2.24) is 29.8 Å². The van der Waals surface area contributed by atoms with Crippen LogP contribution in [0.1, 0.15) is 12.0 Å². The van der Waals surface area contributed by atoms with Crippen molar-refractivity contribution in [2.45, 2.75) is 18.5 Å². The molecule has 2 heterocycles. The number of thioether (sulfide) groups is 1. The van der Waals surface area contributed by atoms with Gasteiger partial charge in [0.2, 0.25) is 5.91 Å². The summed E-state index contributed by atoms with van der Waals surface area (Å²) in [6.45, 7) is 1.97. The maximum absolute atomic E-state index is 12.5. The predicted molar refractivity (Wildman–Crippen MR) is 129 cm³/mol. The molecule has 1 N–H and O–H groups in total. The van der Waals surface area contributed by atoms with Gasteiger partial charge in [-0.15, -0.1) is 15.3 Å². The molecule has 0 fully saturated rings. The van der Waals surface area contributed by atoms with Crippen LogP contribution in [0.4, 0.5) is 5.69 Å². The molecule has 0 saturated heterocycles. The lowest BCUT2D eigenvalue weighted by Gasteiger charge is -2.10. The molecule has 0 aliphatic heterocycles. The van der Waals surface area contributed by atoms with Crippen molar-refractivity contribution in [3.05, 3.63) is 84.4 Å². The Bertz CT molecular complexity index is 1410. The number of aryl methyl sites for hydroxylation is 1. The van der Waals surface area contributed by atoms with Crippen LogP contribution in [0.2, 0.25) is 0 Å². The molecule has 5 aromatic rings. The molecule has 0 aliphatic rings. The van der Waals surface area contributed by atoms with Gasteiger partial charge in [-0.3, -0.25) is 9.36 Å². The van der Waals surface area contributed by atoms with Crippen LogP contribution >= 0.6 is 11.8 Å². The maximum Gasteiger partial charge on any atom is 0.259 e. The SMILES string of the molecule is Cc1ccccc1NC(=O)CCSc1nnc(-n2nnc3ccccc32)n1-c1ccccc1. The molecular weight excluding hydrogens is 434 g/mol. The summed E-state index contributed by atoms with van der Waals surface area (Å²) in [4.78, 5) is 12.5. The highest BCUT2D eigenvalue weighted by molar-refractivity contribution is 7.99. The van der Waals surface area contributed by atoms with Crippen molar-refractivity contribution >= 4 is 34.4 Å². The fourth-order valence-corrected chi connectivity index (χ4v) is 4.36. The van der Waals surface area contributed by atoms with Gasteiger partial charge in [-0.1, -0.05) is 65.5 Å². The van der Waals surface area contributed by atoms with E-state index < -0.39 is 0 Å². The minimum absolute atomic E-state index is 0.0370. The Balaban J connectivity index is 1.39. The predicted octanol–water partition coefficient (Wildman–Crippen LogP) is 4.43. The van der Waals surface area contributed by atoms with Crippen LogP contribution in [0.15, 0.2) is 84.0 Å². The molecule has 0 unspecified atom stereocenters. The molecule has 164 valence electrons. The van der Waals surface area contributed by atoms with E-state index in [4.69, 9.17) is 0 Å². The largest absolute Gasteiger partial charge is 0.326 e. The zero-order chi connectivity index (χ0) is 22.6. The van der Waals surface area contributed by atoms with Crippen molar-refractivity contribution in [1.29, 1.82) is 0 Å². The van der Waals surface area contributed by atoms with Crippen molar-refractivity contribution in [2.75, 3.05) is 11.1 Å². The lowest BCUT2D eigenvalue weighted by Crippen LogP contribution is -2.13. The zero-order valence-corrected chi connectivity index (χ0v) is 18.7. The number of benzene rings is 3. The first-order chi connectivity index (χ1) is 16.2. The number of hydrogen-bond donors (Lipinski definition) is 1. The van der Waals surface area contributed by atoms with Gasteiger partial charge in [0, 0.05) is 17.9 Å². The van der Waals surface area contributed by atoms with Crippen molar-refractivity contribution in [3.8, 4) is 11.6 Å². The third-order valence-corrected chi connectivity index (χ3v) is 6.08. The molecule has 5 rings (SSSR count). The lowest BCUT2D eigenvalue weighted by atomic mass is 10.2. The first kappa shape index (κ1) is 20.9. The topological polar surface area (TPSA) is 90.5 Å². The molecule has 0 atom stereocenters. The minimum Gasteiger partial charge on any atom is -0.326 e. The Kier molecular flexibility index (Phi) is 5.86. The normalized spacial score (nSPS) is 11.1. The smallest absolute Gasteiger partial charge is 0.259 e. The maximum atomic E-state index is 12.5. The lowest BCUT2D eigenvalue weighted by molar-refractivity contribution is -0.115. The van der Waals surface area contributed by atoms with Crippen LogP contribution in [0.3, 0.4) is 0 Å². The van der Waals surface area contributed by atoms with Crippen LogP contribution in [-0.2, 0) is 4.79 Å². The molecular formula is C24H21N7OS. The molecule has 0 spiro atoms. The van der Waals surface area contributed by atoms with Crippen molar-refractivity contribution < 1.29 is 4.79 Å². The van der Waals surface area contributed by atoms with E-state index in [1.165, 1.54) is 11.8 Å². The molecule has 0 aliphatic carbocycles. The van der Waals surface area contributed by atoms with Gasteiger partial charge in [-0.05, 0) is 42.8 Å². The van der Waals surface area contributed by atoms with Gasteiger partial charge < -0.3 is 5.32 Å². The molecule has 33 heavy (non-hydrogen) atoms. The third-order valence-electron chi connectivity index (χ3n) is 5.15. The number of carbonyl (C=O) groups excluding carboxylic acids is 1. The number of amides is 1. The average Bonchev–Trinajstić information content (AvgIpc) is 3.45.